The number of nitrogens with one attached hydrogen (secondary N) is 1. The van der Waals surface area contributed by atoms with E-state index in [1.54, 1.807) is 38.6 Å². The average Bonchev–Trinajstić information content (AvgIpc) is 2.61. The fourth-order valence-corrected chi connectivity index (χ4v) is 2.06. The molecule has 0 atom stereocenters. The van der Waals surface area contributed by atoms with Gasteiger partial charge in [-0.05, 0) is 30.3 Å². The number of rotatable bonds is 7. The number of hydrogen-bond donors (Lipinski definition) is 1. The highest BCUT2D eigenvalue weighted by molar-refractivity contribution is 6.05. The smallest absolute Gasteiger partial charge is 0.187 e. The van der Waals surface area contributed by atoms with Crippen LogP contribution < -0.4 is 19.5 Å². The molecule has 0 saturated carbocycles. The molecule has 0 aliphatic rings. The quantitative estimate of drug-likeness (QED) is 0.626. The van der Waals surface area contributed by atoms with Gasteiger partial charge < -0.3 is 19.5 Å². The summed E-state index contributed by atoms with van der Waals surface area (Å²) in [7, 11) is 4.68. The Labute approximate surface area is 135 Å². The van der Waals surface area contributed by atoms with E-state index in [1.165, 1.54) is 13.2 Å². The van der Waals surface area contributed by atoms with Crippen LogP contribution in [0.2, 0.25) is 0 Å². The van der Waals surface area contributed by atoms with Crippen molar-refractivity contribution in [2.75, 3.05) is 26.6 Å². The Morgan fingerprint density at radius 3 is 2.30 bits per heavy atom. The van der Waals surface area contributed by atoms with E-state index in [1.807, 2.05) is 24.3 Å². The Bertz CT molecular complexity index is 710. The van der Waals surface area contributed by atoms with Crippen LogP contribution in [0.1, 0.15) is 10.4 Å². The Balaban J connectivity index is 2.09. The summed E-state index contributed by atoms with van der Waals surface area (Å²) in [6, 6.07) is 12.5. The lowest BCUT2D eigenvalue weighted by Gasteiger charge is -2.08. The maximum atomic E-state index is 12.2. The molecule has 0 radical (unpaired) electrons. The summed E-state index contributed by atoms with van der Waals surface area (Å²) < 4.78 is 15.6. The zero-order valence-corrected chi connectivity index (χ0v) is 13.3. The first kappa shape index (κ1) is 16.4. The Morgan fingerprint density at radius 2 is 1.61 bits per heavy atom. The third-order valence-electron chi connectivity index (χ3n) is 3.25. The molecule has 2 aromatic carbocycles. The van der Waals surface area contributed by atoms with Gasteiger partial charge in [0.05, 0.1) is 27.0 Å². The lowest BCUT2D eigenvalue weighted by Crippen LogP contribution is -1.99. The first-order valence-corrected chi connectivity index (χ1v) is 7.02. The molecule has 0 unspecified atom stereocenters. The van der Waals surface area contributed by atoms with E-state index in [0.29, 0.717) is 22.8 Å². The van der Waals surface area contributed by atoms with E-state index in [0.717, 1.165) is 5.69 Å². The highest BCUT2D eigenvalue weighted by Gasteiger charge is 2.08. The maximum Gasteiger partial charge on any atom is 0.187 e. The van der Waals surface area contributed by atoms with Crippen LogP contribution in [-0.4, -0.2) is 27.1 Å². The van der Waals surface area contributed by atoms with Crippen LogP contribution in [0.4, 0.5) is 5.69 Å². The van der Waals surface area contributed by atoms with E-state index >= 15 is 0 Å². The highest BCUT2D eigenvalue weighted by Crippen LogP contribution is 2.28. The summed E-state index contributed by atoms with van der Waals surface area (Å²) in [4.78, 5) is 12.2. The summed E-state index contributed by atoms with van der Waals surface area (Å²) in [5.41, 5.74) is 1.30. The van der Waals surface area contributed by atoms with Gasteiger partial charge in [0.25, 0.3) is 0 Å². The van der Waals surface area contributed by atoms with Crippen molar-refractivity contribution in [3.8, 4) is 17.2 Å². The van der Waals surface area contributed by atoms with Crippen LogP contribution in [0.15, 0.2) is 54.7 Å². The Morgan fingerprint density at radius 1 is 0.913 bits per heavy atom. The molecular weight excluding hydrogens is 294 g/mol. The number of allylic oxidation sites excluding steroid dienone is 1. The van der Waals surface area contributed by atoms with Crippen molar-refractivity contribution in [2.45, 2.75) is 0 Å². The second-order valence-corrected chi connectivity index (χ2v) is 4.61. The standard InChI is InChI=1S/C18H19NO4/c1-21-16-7-5-4-6-14(16)19-11-10-15(20)13-8-9-17(22-2)18(12-13)23-3/h4-12,19H,1-3H3/b11-10-. The summed E-state index contributed by atoms with van der Waals surface area (Å²) in [5, 5.41) is 3.03. The van der Waals surface area contributed by atoms with Crippen LogP contribution in [0.3, 0.4) is 0 Å². The molecule has 1 N–H and O–H groups in total. The molecule has 23 heavy (non-hydrogen) atoms. The molecule has 0 fully saturated rings. The Kier molecular flexibility index (Phi) is 5.63. The lowest BCUT2D eigenvalue weighted by molar-refractivity contribution is 0.104. The number of carbonyl (C=O) groups excluding carboxylic acids is 1. The topological polar surface area (TPSA) is 56.8 Å². The van der Waals surface area contributed by atoms with Gasteiger partial charge in [0.2, 0.25) is 0 Å². The van der Waals surface area contributed by atoms with E-state index < -0.39 is 0 Å². The molecule has 120 valence electrons. The number of carbonyl (C=O) groups is 1. The van der Waals surface area contributed by atoms with Gasteiger partial charge in [-0.2, -0.15) is 0 Å². The molecular formula is C18H19NO4. The van der Waals surface area contributed by atoms with Crippen LogP contribution >= 0.6 is 0 Å². The van der Waals surface area contributed by atoms with Crippen LogP contribution in [0, 0.1) is 0 Å². The minimum Gasteiger partial charge on any atom is -0.495 e. The number of ketones is 1. The van der Waals surface area contributed by atoms with Gasteiger partial charge in [-0.1, -0.05) is 12.1 Å². The fraction of sp³-hybridized carbons (Fsp3) is 0.167. The summed E-state index contributed by atoms with van der Waals surface area (Å²) in [6.07, 6.45) is 3.03. The number of anilines is 1. The third kappa shape index (κ3) is 4.03. The van der Waals surface area contributed by atoms with Crippen molar-refractivity contribution < 1.29 is 19.0 Å². The first-order chi connectivity index (χ1) is 11.2. The third-order valence-corrected chi connectivity index (χ3v) is 3.25. The van der Waals surface area contributed by atoms with Crippen LogP contribution in [-0.2, 0) is 0 Å². The molecule has 5 nitrogen and oxygen atoms in total. The van der Waals surface area contributed by atoms with Crippen molar-refractivity contribution in [1.29, 1.82) is 0 Å². The van der Waals surface area contributed by atoms with E-state index in [-0.39, 0.29) is 5.78 Å². The second-order valence-electron chi connectivity index (χ2n) is 4.61. The van der Waals surface area contributed by atoms with Crippen molar-refractivity contribution in [3.05, 3.63) is 60.3 Å². The fourth-order valence-electron chi connectivity index (χ4n) is 2.06. The molecule has 0 saturated heterocycles. The van der Waals surface area contributed by atoms with Crippen molar-refractivity contribution in [3.63, 3.8) is 0 Å². The molecule has 5 heteroatoms. The largest absolute Gasteiger partial charge is 0.495 e. The normalized spacial score (nSPS) is 10.4. The van der Waals surface area contributed by atoms with Gasteiger partial charge in [-0.3, -0.25) is 4.79 Å². The SMILES string of the molecule is COc1ccccc1N/C=C\C(=O)c1ccc(OC)c(OC)c1. The molecule has 0 amide bonds. The molecule has 0 bridgehead atoms. The van der Waals surface area contributed by atoms with E-state index in [2.05, 4.69) is 5.32 Å². The van der Waals surface area contributed by atoms with Crippen LogP contribution in [0.5, 0.6) is 17.2 Å². The number of hydrogen-bond acceptors (Lipinski definition) is 5. The monoisotopic (exact) mass is 313 g/mol. The van der Waals surface area contributed by atoms with E-state index in [4.69, 9.17) is 14.2 Å². The van der Waals surface area contributed by atoms with Gasteiger partial charge in [0, 0.05) is 17.8 Å². The molecule has 2 rings (SSSR count). The van der Waals surface area contributed by atoms with Crippen molar-refractivity contribution in [1.82, 2.24) is 0 Å². The summed E-state index contributed by atoms with van der Waals surface area (Å²) in [5.74, 6) is 1.66. The second kappa shape index (κ2) is 7.89. The summed E-state index contributed by atoms with van der Waals surface area (Å²) >= 11 is 0. The maximum absolute atomic E-state index is 12.2. The van der Waals surface area contributed by atoms with Gasteiger partial charge in [-0.25, -0.2) is 0 Å². The molecule has 0 aliphatic heterocycles. The minimum absolute atomic E-state index is 0.145. The summed E-state index contributed by atoms with van der Waals surface area (Å²) in [6.45, 7) is 0. The molecule has 0 aliphatic carbocycles. The number of methoxy groups -OCH3 is 3. The predicted molar refractivity (Wildman–Crippen MR) is 89.6 cm³/mol. The van der Waals surface area contributed by atoms with E-state index in [9.17, 15) is 4.79 Å². The zero-order chi connectivity index (χ0) is 16.7. The first-order valence-electron chi connectivity index (χ1n) is 7.02. The Hall–Kier alpha value is -2.95. The molecule has 0 spiro atoms. The molecule has 0 heterocycles. The average molecular weight is 313 g/mol. The minimum atomic E-state index is -0.145. The van der Waals surface area contributed by atoms with Gasteiger partial charge in [0.15, 0.2) is 17.3 Å². The van der Waals surface area contributed by atoms with Gasteiger partial charge >= 0.3 is 0 Å². The van der Waals surface area contributed by atoms with Gasteiger partial charge in [0.1, 0.15) is 5.75 Å². The zero-order valence-electron chi connectivity index (χ0n) is 13.3. The lowest BCUT2D eigenvalue weighted by atomic mass is 10.1. The number of ether oxygens (including phenoxy) is 3. The molecule has 0 aromatic heterocycles. The van der Waals surface area contributed by atoms with Gasteiger partial charge in [-0.15, -0.1) is 0 Å². The number of benzene rings is 2. The van der Waals surface area contributed by atoms with Crippen LogP contribution in [0.25, 0.3) is 0 Å². The highest BCUT2D eigenvalue weighted by atomic mass is 16.5. The van der Waals surface area contributed by atoms with Crippen molar-refractivity contribution >= 4 is 11.5 Å². The molecule has 2 aromatic rings. The number of para-hydroxylation sites is 2. The predicted octanol–water partition coefficient (Wildman–Crippen LogP) is 3.52. The van der Waals surface area contributed by atoms with Crippen molar-refractivity contribution in [2.24, 2.45) is 0 Å².